The van der Waals surface area contributed by atoms with Crippen molar-refractivity contribution in [1.82, 2.24) is 4.57 Å². The quantitative estimate of drug-likeness (QED) is 0.772. The maximum Gasteiger partial charge on any atom is 0.255 e. The molecule has 0 unspecified atom stereocenters. The number of nitrogens with zero attached hydrogens (tertiary/aromatic N) is 1. The lowest BCUT2D eigenvalue weighted by molar-refractivity contribution is 0.112. The molecule has 1 aromatic carbocycles. The molecule has 0 amide bonds. The first-order chi connectivity index (χ1) is 8.74. The fraction of sp³-hybridized carbons (Fsp3) is 0.0667. The third-order valence-electron chi connectivity index (χ3n) is 2.60. The van der Waals surface area contributed by atoms with Crippen LogP contribution in [0.5, 0.6) is 0 Å². The number of allylic oxidation sites excluding steroid dienone is 1. The van der Waals surface area contributed by atoms with Crippen LogP contribution >= 0.6 is 0 Å². The number of hydrogen-bond donors (Lipinski definition) is 0. The van der Waals surface area contributed by atoms with Gasteiger partial charge in [0.1, 0.15) is 6.29 Å². The molecule has 0 aliphatic carbocycles. The van der Waals surface area contributed by atoms with E-state index in [4.69, 9.17) is 0 Å². The van der Waals surface area contributed by atoms with Crippen molar-refractivity contribution in [1.29, 1.82) is 0 Å². The minimum atomic E-state index is -0.0953. The van der Waals surface area contributed by atoms with E-state index in [2.05, 4.69) is 0 Å². The van der Waals surface area contributed by atoms with Crippen molar-refractivity contribution in [2.24, 2.45) is 0 Å². The third-order valence-corrected chi connectivity index (χ3v) is 2.60. The first-order valence-electron chi connectivity index (χ1n) is 5.65. The Bertz CT molecular complexity index is 636. The van der Waals surface area contributed by atoms with Crippen LogP contribution in [0.25, 0.3) is 11.8 Å². The molecule has 0 radical (unpaired) electrons. The van der Waals surface area contributed by atoms with E-state index in [-0.39, 0.29) is 5.56 Å². The van der Waals surface area contributed by atoms with Gasteiger partial charge in [0.25, 0.3) is 5.56 Å². The monoisotopic (exact) mass is 239 g/mol. The second-order valence-corrected chi connectivity index (χ2v) is 3.88. The van der Waals surface area contributed by atoms with Gasteiger partial charge in [0.15, 0.2) is 0 Å². The number of pyridine rings is 1. The van der Waals surface area contributed by atoms with Crippen LogP contribution in [0.15, 0.2) is 53.5 Å². The Kier molecular flexibility index (Phi) is 3.53. The molecule has 18 heavy (non-hydrogen) atoms. The van der Waals surface area contributed by atoms with E-state index in [1.165, 1.54) is 6.07 Å². The maximum atomic E-state index is 11.8. The summed E-state index contributed by atoms with van der Waals surface area (Å²) >= 11 is 0. The smallest absolute Gasteiger partial charge is 0.255 e. The minimum absolute atomic E-state index is 0.0953. The predicted molar refractivity (Wildman–Crippen MR) is 72.1 cm³/mol. The van der Waals surface area contributed by atoms with Gasteiger partial charge in [-0.15, -0.1) is 0 Å². The highest BCUT2D eigenvalue weighted by Gasteiger charge is 2.00. The van der Waals surface area contributed by atoms with E-state index in [0.29, 0.717) is 5.56 Å². The molecular formula is C15H13NO2. The summed E-state index contributed by atoms with van der Waals surface area (Å²) in [5.74, 6) is 0. The summed E-state index contributed by atoms with van der Waals surface area (Å²) in [6.07, 6.45) is 6.40. The maximum absolute atomic E-state index is 11.8. The van der Waals surface area contributed by atoms with Crippen LogP contribution in [0.3, 0.4) is 0 Å². The zero-order chi connectivity index (χ0) is 13.0. The molecule has 0 atom stereocenters. The molecule has 0 N–H and O–H groups in total. The van der Waals surface area contributed by atoms with E-state index in [0.717, 1.165) is 17.5 Å². The lowest BCUT2D eigenvalue weighted by atomic mass is 10.2. The second-order valence-electron chi connectivity index (χ2n) is 3.88. The molecule has 0 aliphatic heterocycles. The van der Waals surface area contributed by atoms with Crippen LogP contribution in [0.2, 0.25) is 0 Å². The summed E-state index contributed by atoms with van der Waals surface area (Å²) in [6.45, 7) is 1.92. The van der Waals surface area contributed by atoms with Crippen molar-refractivity contribution in [3.05, 3.63) is 70.2 Å². The highest BCUT2D eigenvalue weighted by Crippen LogP contribution is 2.08. The van der Waals surface area contributed by atoms with Gasteiger partial charge in [-0.05, 0) is 42.8 Å². The van der Waals surface area contributed by atoms with Gasteiger partial charge in [-0.25, -0.2) is 0 Å². The third kappa shape index (κ3) is 2.46. The molecule has 1 aromatic heterocycles. The van der Waals surface area contributed by atoms with Gasteiger partial charge in [-0.3, -0.25) is 14.2 Å². The van der Waals surface area contributed by atoms with Crippen LogP contribution in [0, 0.1) is 0 Å². The van der Waals surface area contributed by atoms with E-state index in [1.807, 2.05) is 19.1 Å². The molecule has 0 spiro atoms. The molecular weight excluding hydrogens is 226 g/mol. The summed E-state index contributed by atoms with van der Waals surface area (Å²) in [4.78, 5) is 22.4. The normalized spacial score (nSPS) is 10.7. The average molecular weight is 239 g/mol. The van der Waals surface area contributed by atoms with Gasteiger partial charge >= 0.3 is 0 Å². The van der Waals surface area contributed by atoms with Gasteiger partial charge in [0.2, 0.25) is 0 Å². The fourth-order valence-corrected chi connectivity index (χ4v) is 1.71. The van der Waals surface area contributed by atoms with Crippen molar-refractivity contribution in [2.45, 2.75) is 6.92 Å². The van der Waals surface area contributed by atoms with Gasteiger partial charge < -0.3 is 0 Å². The van der Waals surface area contributed by atoms with Crippen LogP contribution in [-0.2, 0) is 0 Å². The van der Waals surface area contributed by atoms with E-state index < -0.39 is 0 Å². The number of aldehydes is 1. The molecule has 90 valence electrons. The zero-order valence-electron chi connectivity index (χ0n) is 10.0. The van der Waals surface area contributed by atoms with Crippen LogP contribution in [0.1, 0.15) is 22.8 Å². The first kappa shape index (κ1) is 12.0. The number of rotatable bonds is 3. The lowest BCUT2D eigenvalue weighted by Crippen LogP contribution is -2.16. The molecule has 2 aromatic rings. The standard InChI is InChI=1S/C15H13NO2/c1-2-3-12-6-9-15(18)16(10-12)14-7-4-13(11-17)5-8-14/h2-11H,1H3. The van der Waals surface area contributed by atoms with Crippen molar-refractivity contribution in [3.8, 4) is 5.69 Å². The number of aromatic nitrogens is 1. The Morgan fingerprint density at radius 3 is 2.28 bits per heavy atom. The molecule has 0 fully saturated rings. The number of benzene rings is 1. The van der Waals surface area contributed by atoms with Crippen LogP contribution in [-0.4, -0.2) is 10.9 Å². The highest BCUT2D eigenvalue weighted by atomic mass is 16.1. The zero-order valence-corrected chi connectivity index (χ0v) is 10.0. The number of carbonyl (C=O) groups is 1. The molecule has 0 saturated heterocycles. The SMILES string of the molecule is CC=Cc1ccc(=O)n(-c2ccc(C=O)cc2)c1. The summed E-state index contributed by atoms with van der Waals surface area (Å²) in [5, 5.41) is 0. The lowest BCUT2D eigenvalue weighted by Gasteiger charge is -2.06. The summed E-state index contributed by atoms with van der Waals surface area (Å²) < 4.78 is 1.56. The van der Waals surface area contributed by atoms with Gasteiger partial charge in [-0.1, -0.05) is 12.2 Å². The predicted octanol–water partition coefficient (Wildman–Crippen LogP) is 2.68. The molecule has 0 saturated carbocycles. The van der Waals surface area contributed by atoms with Crippen molar-refractivity contribution >= 4 is 12.4 Å². The molecule has 3 heteroatoms. The summed E-state index contributed by atoms with van der Waals surface area (Å²) in [7, 11) is 0. The number of carbonyl (C=O) groups excluding carboxylic acids is 1. The first-order valence-corrected chi connectivity index (χ1v) is 5.65. The highest BCUT2D eigenvalue weighted by molar-refractivity contribution is 5.75. The van der Waals surface area contributed by atoms with E-state index in [9.17, 15) is 9.59 Å². The van der Waals surface area contributed by atoms with Crippen molar-refractivity contribution < 1.29 is 4.79 Å². The van der Waals surface area contributed by atoms with Gasteiger partial charge in [-0.2, -0.15) is 0 Å². The van der Waals surface area contributed by atoms with E-state index in [1.54, 1.807) is 41.1 Å². The molecule has 0 aliphatic rings. The molecule has 0 bridgehead atoms. The largest absolute Gasteiger partial charge is 0.298 e. The molecule has 1 heterocycles. The van der Waals surface area contributed by atoms with E-state index >= 15 is 0 Å². The average Bonchev–Trinajstić information content (AvgIpc) is 2.41. The molecule has 3 nitrogen and oxygen atoms in total. The number of hydrogen-bond acceptors (Lipinski definition) is 2. The topological polar surface area (TPSA) is 39.1 Å². The van der Waals surface area contributed by atoms with Crippen LogP contribution < -0.4 is 5.56 Å². The van der Waals surface area contributed by atoms with Crippen molar-refractivity contribution in [3.63, 3.8) is 0 Å². The Morgan fingerprint density at radius 2 is 1.67 bits per heavy atom. The summed E-state index contributed by atoms with van der Waals surface area (Å²) in [5.41, 5.74) is 2.20. The fourth-order valence-electron chi connectivity index (χ4n) is 1.71. The Labute approximate surface area is 105 Å². The van der Waals surface area contributed by atoms with Gasteiger partial charge in [0.05, 0.1) is 0 Å². The minimum Gasteiger partial charge on any atom is -0.298 e. The summed E-state index contributed by atoms with van der Waals surface area (Å²) in [6, 6.07) is 10.2. The van der Waals surface area contributed by atoms with Gasteiger partial charge in [0, 0.05) is 23.5 Å². The Hall–Kier alpha value is -2.42. The Morgan fingerprint density at radius 1 is 1.00 bits per heavy atom. The molecule has 2 rings (SSSR count). The van der Waals surface area contributed by atoms with Crippen molar-refractivity contribution in [2.75, 3.05) is 0 Å². The second kappa shape index (κ2) is 5.27. The van der Waals surface area contributed by atoms with Crippen LogP contribution in [0.4, 0.5) is 0 Å². The Balaban J connectivity index is 2.51.